The first kappa shape index (κ1) is 15.5. The minimum absolute atomic E-state index is 0.114. The summed E-state index contributed by atoms with van der Waals surface area (Å²) in [7, 11) is 1.48. The molecule has 0 radical (unpaired) electrons. The Hall–Kier alpha value is -1.56. The second-order valence-corrected chi connectivity index (χ2v) is 4.72. The number of carbonyl (C=O) groups is 1. The number of aliphatic carboxylic acids is 1. The zero-order valence-electron chi connectivity index (χ0n) is 11.3. The van der Waals surface area contributed by atoms with Gasteiger partial charge in [0.25, 0.3) is 0 Å². The Balaban J connectivity index is 2.88. The van der Waals surface area contributed by atoms with Gasteiger partial charge < -0.3 is 14.7 Å². The molecule has 1 heterocycles. The van der Waals surface area contributed by atoms with Crippen LogP contribution in [0.5, 0.6) is 6.01 Å². The lowest BCUT2D eigenvalue weighted by Crippen LogP contribution is -2.33. The van der Waals surface area contributed by atoms with Crippen molar-refractivity contribution in [2.45, 2.75) is 32.7 Å². The quantitative estimate of drug-likeness (QED) is 0.829. The van der Waals surface area contributed by atoms with Crippen LogP contribution in [0.1, 0.15) is 26.7 Å². The van der Waals surface area contributed by atoms with Crippen LogP contribution in [0.2, 0.25) is 5.02 Å². The molecule has 0 aromatic carbocycles. The molecule has 1 aromatic heterocycles. The molecule has 0 unspecified atom stereocenters. The number of methoxy groups -OCH3 is 1. The van der Waals surface area contributed by atoms with Crippen LogP contribution in [-0.4, -0.2) is 40.7 Å². The second-order valence-electron chi connectivity index (χ2n) is 4.31. The lowest BCUT2D eigenvalue weighted by Gasteiger charge is -2.28. The van der Waals surface area contributed by atoms with Gasteiger partial charge in [-0.25, -0.2) is 4.98 Å². The SMILES string of the molecule is COc1ncc(Cl)c(N(CCCC(=O)O)C(C)C)n1. The van der Waals surface area contributed by atoms with E-state index in [4.69, 9.17) is 21.4 Å². The third-order valence-electron chi connectivity index (χ3n) is 2.57. The predicted octanol–water partition coefficient (Wildman–Crippen LogP) is 2.22. The van der Waals surface area contributed by atoms with Gasteiger partial charge in [0.2, 0.25) is 0 Å². The number of rotatable bonds is 7. The van der Waals surface area contributed by atoms with E-state index in [1.807, 2.05) is 18.7 Å². The highest BCUT2D eigenvalue weighted by Crippen LogP contribution is 2.26. The summed E-state index contributed by atoms with van der Waals surface area (Å²) in [6, 6.07) is 0.384. The molecule has 6 nitrogen and oxygen atoms in total. The summed E-state index contributed by atoms with van der Waals surface area (Å²) in [6.45, 7) is 4.54. The van der Waals surface area contributed by atoms with Crippen LogP contribution < -0.4 is 9.64 Å². The summed E-state index contributed by atoms with van der Waals surface area (Å²) >= 11 is 6.09. The first-order valence-electron chi connectivity index (χ1n) is 6.00. The zero-order valence-corrected chi connectivity index (χ0v) is 12.0. The van der Waals surface area contributed by atoms with Gasteiger partial charge in [0.05, 0.1) is 13.3 Å². The van der Waals surface area contributed by atoms with E-state index in [0.717, 1.165) is 0 Å². The largest absolute Gasteiger partial charge is 0.481 e. The van der Waals surface area contributed by atoms with Gasteiger partial charge in [-0.3, -0.25) is 4.79 Å². The van der Waals surface area contributed by atoms with E-state index in [-0.39, 0.29) is 18.5 Å². The molecule has 0 atom stereocenters. The fourth-order valence-electron chi connectivity index (χ4n) is 1.65. The van der Waals surface area contributed by atoms with Crippen LogP contribution in [-0.2, 0) is 4.79 Å². The fraction of sp³-hybridized carbons (Fsp3) is 0.583. The number of anilines is 1. The minimum Gasteiger partial charge on any atom is -0.481 e. The highest BCUT2D eigenvalue weighted by molar-refractivity contribution is 6.32. The van der Waals surface area contributed by atoms with Gasteiger partial charge in [-0.15, -0.1) is 0 Å². The van der Waals surface area contributed by atoms with Crippen LogP contribution in [0, 0.1) is 0 Å². The number of hydrogen-bond acceptors (Lipinski definition) is 5. The summed E-state index contributed by atoms with van der Waals surface area (Å²) < 4.78 is 4.98. The van der Waals surface area contributed by atoms with Crippen molar-refractivity contribution in [2.24, 2.45) is 0 Å². The van der Waals surface area contributed by atoms with E-state index in [2.05, 4.69) is 9.97 Å². The summed E-state index contributed by atoms with van der Waals surface area (Å²) in [5, 5.41) is 9.10. The summed E-state index contributed by atoms with van der Waals surface area (Å²) in [6.07, 6.45) is 2.12. The standard InChI is InChI=1S/C12H18ClN3O3/c1-8(2)16(6-4-5-10(17)18)11-9(13)7-14-12(15-11)19-3/h7-8H,4-6H2,1-3H3,(H,17,18). The Morgan fingerprint density at radius 1 is 1.58 bits per heavy atom. The van der Waals surface area contributed by atoms with Crippen molar-refractivity contribution in [3.8, 4) is 6.01 Å². The van der Waals surface area contributed by atoms with Crippen LogP contribution in [0.25, 0.3) is 0 Å². The molecule has 1 rings (SSSR count). The number of aromatic nitrogens is 2. The molecule has 0 aliphatic heterocycles. The Morgan fingerprint density at radius 3 is 2.79 bits per heavy atom. The minimum atomic E-state index is -0.810. The number of nitrogens with zero attached hydrogens (tertiary/aromatic N) is 3. The van der Waals surface area contributed by atoms with Crippen molar-refractivity contribution < 1.29 is 14.6 Å². The smallest absolute Gasteiger partial charge is 0.318 e. The Kier molecular flexibility index (Phi) is 5.82. The monoisotopic (exact) mass is 287 g/mol. The van der Waals surface area contributed by atoms with Crippen LogP contribution in [0.3, 0.4) is 0 Å². The molecule has 0 saturated heterocycles. The first-order valence-corrected chi connectivity index (χ1v) is 6.38. The van der Waals surface area contributed by atoms with Crippen molar-refractivity contribution in [1.29, 1.82) is 0 Å². The average molecular weight is 288 g/mol. The zero-order chi connectivity index (χ0) is 14.4. The maximum absolute atomic E-state index is 10.6. The molecular formula is C12H18ClN3O3. The summed E-state index contributed by atoms with van der Waals surface area (Å²) in [5.41, 5.74) is 0. The maximum atomic E-state index is 10.6. The van der Waals surface area contributed by atoms with E-state index in [1.165, 1.54) is 13.3 Å². The van der Waals surface area contributed by atoms with Gasteiger partial charge in [-0.1, -0.05) is 11.6 Å². The van der Waals surface area contributed by atoms with E-state index in [1.54, 1.807) is 0 Å². The van der Waals surface area contributed by atoms with E-state index in [9.17, 15) is 4.79 Å². The number of carboxylic acids is 1. The van der Waals surface area contributed by atoms with Gasteiger partial charge in [0.15, 0.2) is 5.82 Å². The lowest BCUT2D eigenvalue weighted by atomic mass is 10.2. The Bertz CT molecular complexity index is 440. The molecule has 0 saturated carbocycles. The predicted molar refractivity (Wildman–Crippen MR) is 72.9 cm³/mol. The van der Waals surface area contributed by atoms with E-state index >= 15 is 0 Å². The number of carboxylic acid groups (broad SMARTS) is 1. The topological polar surface area (TPSA) is 75.5 Å². The molecule has 0 aliphatic rings. The number of halogens is 1. The summed E-state index contributed by atoms with van der Waals surface area (Å²) in [4.78, 5) is 20.6. The lowest BCUT2D eigenvalue weighted by molar-refractivity contribution is -0.137. The molecule has 0 spiro atoms. The normalized spacial score (nSPS) is 10.6. The van der Waals surface area contributed by atoms with Crippen molar-refractivity contribution >= 4 is 23.4 Å². The molecule has 0 fully saturated rings. The fourth-order valence-corrected chi connectivity index (χ4v) is 1.85. The third-order valence-corrected chi connectivity index (χ3v) is 2.84. The number of hydrogen-bond donors (Lipinski definition) is 1. The molecule has 19 heavy (non-hydrogen) atoms. The van der Waals surface area contributed by atoms with Crippen LogP contribution in [0.4, 0.5) is 5.82 Å². The first-order chi connectivity index (χ1) is 8.95. The molecule has 1 aromatic rings. The highest BCUT2D eigenvalue weighted by Gasteiger charge is 2.17. The molecule has 0 amide bonds. The van der Waals surface area contributed by atoms with Crippen molar-refractivity contribution in [1.82, 2.24) is 9.97 Å². The van der Waals surface area contributed by atoms with Gasteiger partial charge in [0, 0.05) is 19.0 Å². The summed E-state index contributed by atoms with van der Waals surface area (Å²) in [5.74, 6) is -0.246. The van der Waals surface area contributed by atoms with Crippen molar-refractivity contribution in [2.75, 3.05) is 18.6 Å². The number of ether oxygens (including phenoxy) is 1. The van der Waals surface area contributed by atoms with Crippen molar-refractivity contribution in [3.63, 3.8) is 0 Å². The Labute approximate surface area is 117 Å². The molecule has 106 valence electrons. The van der Waals surface area contributed by atoms with E-state index < -0.39 is 5.97 Å². The van der Waals surface area contributed by atoms with E-state index in [0.29, 0.717) is 23.8 Å². The second kappa shape index (κ2) is 7.13. The maximum Gasteiger partial charge on any atom is 0.318 e. The molecule has 1 N–H and O–H groups in total. The van der Waals surface area contributed by atoms with Crippen LogP contribution in [0.15, 0.2) is 6.20 Å². The third kappa shape index (κ3) is 4.55. The molecular weight excluding hydrogens is 270 g/mol. The molecule has 0 bridgehead atoms. The molecule has 0 aliphatic carbocycles. The average Bonchev–Trinajstić information content (AvgIpc) is 2.35. The highest BCUT2D eigenvalue weighted by atomic mass is 35.5. The van der Waals surface area contributed by atoms with Crippen LogP contribution >= 0.6 is 11.6 Å². The van der Waals surface area contributed by atoms with Gasteiger partial charge in [0.1, 0.15) is 5.02 Å². The molecule has 7 heteroatoms. The Morgan fingerprint density at radius 2 is 2.26 bits per heavy atom. The van der Waals surface area contributed by atoms with Gasteiger partial charge >= 0.3 is 12.0 Å². The van der Waals surface area contributed by atoms with Crippen molar-refractivity contribution in [3.05, 3.63) is 11.2 Å². The van der Waals surface area contributed by atoms with Gasteiger partial charge in [-0.2, -0.15) is 4.98 Å². The van der Waals surface area contributed by atoms with Gasteiger partial charge in [-0.05, 0) is 20.3 Å².